The Balaban J connectivity index is 0.000000312. The number of nitrogens with zero attached hydrogens (tertiary/aromatic N) is 8. The minimum absolute atomic E-state index is 0.0415. The summed E-state index contributed by atoms with van der Waals surface area (Å²) in [5.74, 6) is 2.84. The highest BCUT2D eigenvalue weighted by Crippen LogP contribution is 2.39. The summed E-state index contributed by atoms with van der Waals surface area (Å²) in [6, 6.07) is 0.720. The number of β-amino-alcohol motifs (C(OH)–C–C–N with tert-alkyl or cyclic N) is 2. The number of piperazine rings is 1. The number of aliphatic hydroxyl groups is 3. The highest BCUT2D eigenvalue weighted by molar-refractivity contribution is 4.93. The number of fused-ring (bicyclic) bond motifs is 1. The number of hydrogen-bond donors (Lipinski definition) is 3. The number of piperidine rings is 1. The first-order chi connectivity index (χ1) is 35.2. The Morgan fingerprint density at radius 1 is 0.410 bits per heavy atom. The average Bonchev–Trinajstić information content (AvgIpc) is 3.96. The van der Waals surface area contributed by atoms with Crippen molar-refractivity contribution >= 4 is 0 Å². The third-order valence-corrected chi connectivity index (χ3v) is 18.5. The van der Waals surface area contributed by atoms with Crippen LogP contribution in [0.25, 0.3) is 0 Å². The maximum absolute atomic E-state index is 11.5. The third kappa shape index (κ3) is 26.6. The summed E-state index contributed by atoms with van der Waals surface area (Å²) in [6.45, 7) is 67.6. The number of rotatable bonds is 0. The standard InChI is InChI=1S/C11H21NO.C10H21NO.C9H20N2.C9H19NO2.C9H19NO.C8H17NO.C8H17N/c1-11(2,3)9-6-10-8-13-5-4-12(10)7-9;1-10(2,3)8-5-6-11(4)7-9(8)12;1-9(2,3)11-7-5-10(4)6-8-11;1-9(2,3)7-5-10(4,12)6-8(7)11;1-9(2,3)7-5-10(4)6-8(7)11;1-8(2,3)9-4-6-10-7-5-9;1-8(2,3)7-5-9(4)6-7/h9-10H,4-8H2,1-3H3;8-9,12H,5-7H2,1-4H3;5-8H2,1-4H3;7-8,11H,5-6H2,1-4H3;7-8,11H,5-6H2,1-4H3;4-7H2,1-3H3;7H,5-6H2,1-4H3. The van der Waals surface area contributed by atoms with E-state index in [1.165, 1.54) is 52.2 Å². The molecular weight excluding hydrogens is 977 g/mol. The van der Waals surface area contributed by atoms with Crippen molar-refractivity contribution in [2.75, 3.05) is 166 Å². The molecule has 0 aromatic carbocycles. The lowest BCUT2D eigenvalue weighted by atomic mass is 9.74. The second-order valence-electron chi connectivity index (χ2n) is 33.1. The molecule has 0 aromatic heterocycles. The van der Waals surface area contributed by atoms with Gasteiger partial charge in [-0.1, -0.05) is 104 Å². The van der Waals surface area contributed by atoms with Crippen molar-refractivity contribution in [3.05, 3.63) is 5.21 Å². The molecule has 8 fully saturated rings. The fraction of sp³-hybridized carbons (Fsp3) is 1.00. The maximum atomic E-state index is 11.5. The molecule has 8 aliphatic rings. The largest absolute Gasteiger partial charge is 0.633 e. The number of hydrogen-bond acceptors (Lipinski definition) is 13. The molecule has 9 atom stereocenters. The summed E-state index contributed by atoms with van der Waals surface area (Å²) in [5, 5.41) is 40.7. The van der Waals surface area contributed by atoms with Crippen LogP contribution in [0.5, 0.6) is 0 Å². The molecule has 8 saturated heterocycles. The van der Waals surface area contributed by atoms with E-state index >= 15 is 0 Å². The van der Waals surface area contributed by atoms with Gasteiger partial charge in [0.2, 0.25) is 0 Å². The fourth-order valence-electron chi connectivity index (χ4n) is 12.3. The predicted octanol–water partition coefficient (Wildman–Crippen LogP) is 8.76. The highest BCUT2D eigenvalue weighted by Gasteiger charge is 2.44. The van der Waals surface area contributed by atoms with E-state index < -0.39 is 6.10 Å². The van der Waals surface area contributed by atoms with Crippen LogP contribution in [0.1, 0.15) is 158 Å². The van der Waals surface area contributed by atoms with E-state index in [1.807, 2.05) is 0 Å². The van der Waals surface area contributed by atoms with Crippen molar-refractivity contribution in [1.82, 2.24) is 34.3 Å². The molecule has 0 bridgehead atoms. The zero-order valence-corrected chi connectivity index (χ0v) is 56.4. The Bertz CT molecular complexity index is 1620. The van der Waals surface area contributed by atoms with Crippen molar-refractivity contribution in [2.24, 2.45) is 56.7 Å². The van der Waals surface area contributed by atoms with Gasteiger partial charge in [-0.2, -0.15) is 0 Å². The zero-order valence-electron chi connectivity index (χ0n) is 56.4. The first-order valence-electron chi connectivity index (χ1n) is 31.0. The second kappa shape index (κ2) is 30.5. The summed E-state index contributed by atoms with van der Waals surface area (Å²) in [7, 11) is 10.1. The molecule has 14 nitrogen and oxygen atoms in total. The molecule has 0 amide bonds. The second-order valence-corrected chi connectivity index (χ2v) is 33.1. The van der Waals surface area contributed by atoms with Crippen molar-refractivity contribution < 1.29 is 29.4 Å². The van der Waals surface area contributed by atoms with Crippen LogP contribution in [0.4, 0.5) is 0 Å². The van der Waals surface area contributed by atoms with Gasteiger partial charge < -0.3 is 54.2 Å². The van der Waals surface area contributed by atoms with E-state index in [0.29, 0.717) is 46.8 Å². The molecule has 8 heterocycles. The van der Waals surface area contributed by atoms with E-state index in [-0.39, 0.29) is 39.0 Å². The van der Waals surface area contributed by atoms with Gasteiger partial charge in [0.05, 0.1) is 52.2 Å². The van der Waals surface area contributed by atoms with Gasteiger partial charge in [0.15, 0.2) is 0 Å². The normalized spacial score (nSPS) is 31.9. The third-order valence-electron chi connectivity index (χ3n) is 18.5. The van der Waals surface area contributed by atoms with E-state index in [4.69, 9.17) is 9.47 Å². The van der Waals surface area contributed by atoms with Crippen LogP contribution in [-0.2, 0) is 9.47 Å². The Morgan fingerprint density at radius 3 is 1.17 bits per heavy atom. The molecule has 0 saturated carbocycles. The number of quaternary nitrogens is 1. The van der Waals surface area contributed by atoms with Crippen LogP contribution in [0.2, 0.25) is 0 Å². The molecule has 3 N–H and O–H groups in total. The van der Waals surface area contributed by atoms with E-state index in [9.17, 15) is 20.5 Å². The first-order valence-corrected chi connectivity index (χ1v) is 31.0. The van der Waals surface area contributed by atoms with Gasteiger partial charge in [-0.25, -0.2) is 0 Å². The van der Waals surface area contributed by atoms with Crippen molar-refractivity contribution in [2.45, 2.75) is 194 Å². The predicted molar refractivity (Wildman–Crippen MR) is 331 cm³/mol. The van der Waals surface area contributed by atoms with Crippen LogP contribution in [0.15, 0.2) is 0 Å². The number of hydroxylamine groups is 3. The number of ether oxygens (including phenoxy) is 2. The molecule has 0 radical (unpaired) electrons. The lowest BCUT2D eigenvalue weighted by molar-refractivity contribution is -0.850. The number of likely N-dealkylation sites (N-methyl/N-ethyl adjacent to an activating group) is 4. The molecule has 9 unspecified atom stereocenters. The van der Waals surface area contributed by atoms with Crippen LogP contribution < -0.4 is 0 Å². The van der Waals surface area contributed by atoms with Gasteiger partial charge in [0.1, 0.15) is 12.6 Å². The summed E-state index contributed by atoms with van der Waals surface area (Å²) in [5.41, 5.74) is 2.22. The average molecular weight is 1110 g/mol. The summed E-state index contributed by atoms with van der Waals surface area (Å²) in [6.07, 6.45) is 1.78. The topological polar surface area (TPSA) is 125 Å². The molecule has 8 rings (SSSR count). The van der Waals surface area contributed by atoms with Crippen LogP contribution >= 0.6 is 0 Å². The number of aliphatic hydroxyl groups excluding tert-OH is 3. The quantitative estimate of drug-likeness (QED) is 0.158. The minimum Gasteiger partial charge on any atom is -0.633 e. The molecule has 0 aromatic rings. The van der Waals surface area contributed by atoms with E-state index in [1.54, 1.807) is 7.05 Å². The summed E-state index contributed by atoms with van der Waals surface area (Å²) >= 11 is 0. The number of likely N-dealkylation sites (tertiary alicyclic amines) is 4. The molecule has 78 heavy (non-hydrogen) atoms. The van der Waals surface area contributed by atoms with Gasteiger partial charge in [-0.15, -0.1) is 0 Å². The molecule has 0 aliphatic carbocycles. The molecule has 466 valence electrons. The van der Waals surface area contributed by atoms with Crippen molar-refractivity contribution in [1.29, 1.82) is 0 Å². The van der Waals surface area contributed by atoms with Gasteiger partial charge in [0, 0.05) is 114 Å². The van der Waals surface area contributed by atoms with Crippen LogP contribution in [0, 0.1) is 61.9 Å². The highest BCUT2D eigenvalue weighted by atomic mass is 16.5. The van der Waals surface area contributed by atoms with Gasteiger partial charge in [-0.3, -0.25) is 14.7 Å². The maximum Gasteiger partial charge on any atom is 0.112 e. The molecule has 8 aliphatic heterocycles. The monoisotopic (exact) mass is 1110 g/mol. The number of morpholine rings is 2. The van der Waals surface area contributed by atoms with E-state index in [0.717, 1.165) is 96.5 Å². The Morgan fingerprint density at radius 2 is 0.846 bits per heavy atom. The lowest BCUT2D eigenvalue weighted by Gasteiger charge is -2.44. The molecule has 14 heteroatoms. The minimum atomic E-state index is -0.424. The molecule has 0 spiro atoms. The van der Waals surface area contributed by atoms with E-state index in [2.05, 4.69) is 208 Å². The Hall–Kier alpha value is -0.560. The summed E-state index contributed by atoms with van der Waals surface area (Å²) in [4.78, 5) is 16.8. The van der Waals surface area contributed by atoms with Gasteiger partial charge in [-0.05, 0) is 134 Å². The Kier molecular flexibility index (Phi) is 28.8. The zero-order chi connectivity index (χ0) is 60.2. The van der Waals surface area contributed by atoms with Crippen LogP contribution in [0.3, 0.4) is 0 Å². The van der Waals surface area contributed by atoms with Crippen LogP contribution in [-0.4, -0.2) is 256 Å². The van der Waals surface area contributed by atoms with Crippen molar-refractivity contribution in [3.63, 3.8) is 0 Å². The lowest BCUT2D eigenvalue weighted by Crippen LogP contribution is -2.52. The molecular formula is C64H134N8O6. The van der Waals surface area contributed by atoms with Gasteiger partial charge in [0.25, 0.3) is 0 Å². The Labute approximate surface area is 483 Å². The SMILES string of the molecule is CC(C)(C)C1CC2COCCN2C1.CC(C)(C)C1C[N+](C)([O-])CC1O.CC(C)(C)N1CCOCC1.CN1CC(C(C)(C)C)C1.CN1CC(O)C(C(C)(C)C)C1.CN1CCC(C(C)(C)C)C(O)C1.CN1CCN(C(C)(C)C)CC1. The van der Waals surface area contributed by atoms with Gasteiger partial charge >= 0.3 is 0 Å². The first kappa shape index (κ1) is 73.5. The smallest absolute Gasteiger partial charge is 0.112 e. The summed E-state index contributed by atoms with van der Waals surface area (Å²) < 4.78 is 10.5. The van der Waals surface area contributed by atoms with Crippen molar-refractivity contribution in [3.8, 4) is 0 Å². The fourth-order valence-corrected chi connectivity index (χ4v) is 12.3.